The number of halogens is 1. The Morgan fingerprint density at radius 2 is 1.97 bits per heavy atom. The fourth-order valence-corrected chi connectivity index (χ4v) is 3.97. The third-order valence-electron chi connectivity index (χ3n) is 5.60. The first-order valence-electron chi connectivity index (χ1n) is 10.0. The van der Waals surface area contributed by atoms with Gasteiger partial charge in [-0.1, -0.05) is 29.4 Å². The van der Waals surface area contributed by atoms with Crippen LogP contribution in [0.2, 0.25) is 0 Å². The van der Waals surface area contributed by atoms with Crippen LogP contribution in [0.3, 0.4) is 0 Å². The number of hydrogen-bond donors (Lipinski definition) is 1. The standard InChI is InChI=1S/C22H19FN6O3/c1-32-22-27-25-19-12-28(8-9-29(19)22)21(31)16-10-13(6-7-17(16)23)11-18-14-4-2-3-5-15(14)20(30)26-24-18/h2-7,10H,8-9,11-12H2,1H3,(H,26,30). The van der Waals surface area contributed by atoms with Crippen molar-refractivity contribution in [3.63, 3.8) is 0 Å². The molecule has 0 bridgehead atoms. The van der Waals surface area contributed by atoms with Crippen molar-refractivity contribution in [2.45, 2.75) is 19.5 Å². The molecule has 0 unspecified atom stereocenters. The van der Waals surface area contributed by atoms with Crippen LogP contribution in [-0.2, 0) is 19.5 Å². The van der Waals surface area contributed by atoms with Crippen LogP contribution in [0.1, 0.15) is 27.4 Å². The predicted molar refractivity (Wildman–Crippen MR) is 113 cm³/mol. The summed E-state index contributed by atoms with van der Waals surface area (Å²) >= 11 is 0. The van der Waals surface area contributed by atoms with E-state index >= 15 is 0 Å². The van der Waals surface area contributed by atoms with Gasteiger partial charge in [-0.15, -0.1) is 5.10 Å². The third kappa shape index (κ3) is 3.39. The molecule has 162 valence electrons. The van der Waals surface area contributed by atoms with Crippen LogP contribution >= 0.6 is 0 Å². The number of benzene rings is 2. The van der Waals surface area contributed by atoms with E-state index in [4.69, 9.17) is 4.74 Å². The lowest BCUT2D eigenvalue weighted by molar-refractivity contribution is 0.0699. The van der Waals surface area contributed by atoms with Gasteiger partial charge in [0, 0.05) is 24.9 Å². The minimum atomic E-state index is -0.595. The molecule has 1 amide bonds. The number of nitrogens with zero attached hydrogens (tertiary/aromatic N) is 5. The Balaban J connectivity index is 1.43. The zero-order valence-corrected chi connectivity index (χ0v) is 17.2. The fraction of sp³-hybridized carbons (Fsp3) is 0.227. The molecule has 1 aliphatic rings. The van der Waals surface area contributed by atoms with Crippen LogP contribution in [0.5, 0.6) is 6.01 Å². The number of ether oxygens (including phenoxy) is 1. The molecule has 9 nitrogen and oxygen atoms in total. The number of H-pyrrole nitrogens is 1. The van der Waals surface area contributed by atoms with Crippen molar-refractivity contribution in [3.05, 3.63) is 81.3 Å². The highest BCUT2D eigenvalue weighted by molar-refractivity contribution is 5.94. The number of amides is 1. The van der Waals surface area contributed by atoms with Crippen molar-refractivity contribution in [2.75, 3.05) is 13.7 Å². The van der Waals surface area contributed by atoms with E-state index in [1.54, 1.807) is 33.7 Å². The Bertz CT molecular complexity index is 1400. The van der Waals surface area contributed by atoms with E-state index in [1.807, 2.05) is 12.1 Å². The molecule has 2 aromatic heterocycles. The largest absolute Gasteiger partial charge is 0.467 e. The fourth-order valence-electron chi connectivity index (χ4n) is 3.97. The zero-order chi connectivity index (χ0) is 22.2. The maximum absolute atomic E-state index is 14.6. The van der Waals surface area contributed by atoms with Gasteiger partial charge in [0.15, 0.2) is 5.82 Å². The molecule has 1 N–H and O–H groups in total. The van der Waals surface area contributed by atoms with E-state index in [2.05, 4.69) is 20.4 Å². The maximum Gasteiger partial charge on any atom is 0.316 e. The SMILES string of the molecule is COc1nnc2n1CCN(C(=O)c1cc(Cc3n[nH]c(=O)c4ccccc34)ccc1F)C2. The smallest absolute Gasteiger partial charge is 0.316 e. The first-order chi connectivity index (χ1) is 15.5. The topological polar surface area (TPSA) is 106 Å². The number of fused-ring (bicyclic) bond motifs is 2. The summed E-state index contributed by atoms with van der Waals surface area (Å²) in [6.07, 6.45) is 0.337. The third-order valence-corrected chi connectivity index (χ3v) is 5.60. The highest BCUT2D eigenvalue weighted by Crippen LogP contribution is 2.22. The second-order valence-electron chi connectivity index (χ2n) is 7.52. The molecular weight excluding hydrogens is 415 g/mol. The molecule has 2 aromatic carbocycles. The molecule has 0 atom stereocenters. The van der Waals surface area contributed by atoms with Gasteiger partial charge in [0.2, 0.25) is 0 Å². The van der Waals surface area contributed by atoms with Crippen LogP contribution < -0.4 is 10.3 Å². The summed E-state index contributed by atoms with van der Waals surface area (Å²) in [5, 5.41) is 15.9. The molecule has 5 rings (SSSR count). The van der Waals surface area contributed by atoms with Gasteiger partial charge in [0.25, 0.3) is 11.5 Å². The molecular formula is C22H19FN6O3. The number of hydrogen-bond acceptors (Lipinski definition) is 6. The van der Waals surface area contributed by atoms with Crippen molar-refractivity contribution in [3.8, 4) is 6.01 Å². The number of nitrogens with one attached hydrogen (secondary N) is 1. The van der Waals surface area contributed by atoms with Crippen molar-refractivity contribution in [1.29, 1.82) is 0 Å². The van der Waals surface area contributed by atoms with Crippen LogP contribution in [-0.4, -0.2) is 49.4 Å². The van der Waals surface area contributed by atoms with Gasteiger partial charge >= 0.3 is 6.01 Å². The summed E-state index contributed by atoms with van der Waals surface area (Å²) in [6, 6.07) is 12.0. The van der Waals surface area contributed by atoms with Gasteiger partial charge in [-0.05, 0) is 23.8 Å². The lowest BCUT2D eigenvalue weighted by Crippen LogP contribution is -2.38. The highest BCUT2D eigenvalue weighted by atomic mass is 19.1. The minimum absolute atomic E-state index is 0.0174. The summed E-state index contributed by atoms with van der Waals surface area (Å²) < 4.78 is 21.6. The maximum atomic E-state index is 14.6. The van der Waals surface area contributed by atoms with Crippen molar-refractivity contribution < 1.29 is 13.9 Å². The lowest BCUT2D eigenvalue weighted by Gasteiger charge is -2.27. The number of aromatic nitrogens is 5. The summed E-state index contributed by atoms with van der Waals surface area (Å²) in [5.41, 5.74) is 1.06. The molecule has 1 aliphatic heterocycles. The zero-order valence-electron chi connectivity index (χ0n) is 17.2. The van der Waals surface area contributed by atoms with Gasteiger partial charge in [0.05, 0.1) is 30.3 Å². The Morgan fingerprint density at radius 3 is 2.78 bits per heavy atom. The Hall–Kier alpha value is -4.08. The Labute approximate surface area is 181 Å². The molecule has 4 aromatic rings. The predicted octanol–water partition coefficient (Wildman–Crippen LogP) is 1.91. The Morgan fingerprint density at radius 1 is 1.16 bits per heavy atom. The molecule has 32 heavy (non-hydrogen) atoms. The van der Waals surface area contributed by atoms with Crippen LogP contribution in [0, 0.1) is 5.82 Å². The van der Waals surface area contributed by atoms with E-state index in [0.29, 0.717) is 48.0 Å². The second kappa shape index (κ2) is 7.88. The van der Waals surface area contributed by atoms with Crippen molar-refractivity contribution >= 4 is 16.7 Å². The minimum Gasteiger partial charge on any atom is -0.467 e. The molecule has 0 radical (unpaired) electrons. The summed E-state index contributed by atoms with van der Waals surface area (Å²) in [4.78, 5) is 26.7. The quantitative estimate of drug-likeness (QED) is 0.526. The molecule has 10 heteroatoms. The number of carbonyl (C=O) groups is 1. The van der Waals surface area contributed by atoms with Crippen LogP contribution in [0.25, 0.3) is 10.8 Å². The average Bonchev–Trinajstić information content (AvgIpc) is 3.24. The number of carbonyl (C=O) groups excluding carboxylic acids is 1. The first-order valence-corrected chi connectivity index (χ1v) is 10.0. The summed E-state index contributed by atoms with van der Waals surface area (Å²) in [7, 11) is 1.51. The van der Waals surface area contributed by atoms with Gasteiger partial charge in [-0.25, -0.2) is 9.49 Å². The van der Waals surface area contributed by atoms with E-state index in [-0.39, 0.29) is 17.7 Å². The number of methoxy groups -OCH3 is 1. The van der Waals surface area contributed by atoms with Crippen LogP contribution in [0.15, 0.2) is 47.3 Å². The molecule has 0 saturated heterocycles. The first kappa shape index (κ1) is 19.9. The number of rotatable bonds is 4. The van der Waals surface area contributed by atoms with E-state index < -0.39 is 11.7 Å². The van der Waals surface area contributed by atoms with Crippen molar-refractivity contribution in [1.82, 2.24) is 29.9 Å². The normalized spacial score (nSPS) is 13.2. The van der Waals surface area contributed by atoms with E-state index in [0.717, 1.165) is 5.39 Å². The second-order valence-corrected chi connectivity index (χ2v) is 7.52. The van der Waals surface area contributed by atoms with Gasteiger partial charge in [-0.3, -0.25) is 14.2 Å². The lowest BCUT2D eigenvalue weighted by atomic mass is 10.0. The molecule has 0 saturated carbocycles. The summed E-state index contributed by atoms with van der Waals surface area (Å²) in [6.45, 7) is 1.06. The van der Waals surface area contributed by atoms with Crippen molar-refractivity contribution in [2.24, 2.45) is 0 Å². The molecule has 0 fully saturated rings. The molecule has 0 aliphatic carbocycles. The van der Waals surface area contributed by atoms with Gasteiger partial charge in [0.1, 0.15) is 5.82 Å². The Kier molecular flexibility index (Phi) is 4.89. The summed E-state index contributed by atoms with van der Waals surface area (Å²) in [5.74, 6) is -0.429. The van der Waals surface area contributed by atoms with Gasteiger partial charge in [-0.2, -0.15) is 5.10 Å². The number of aromatic amines is 1. The van der Waals surface area contributed by atoms with Crippen LogP contribution in [0.4, 0.5) is 4.39 Å². The monoisotopic (exact) mass is 434 g/mol. The van der Waals surface area contributed by atoms with E-state index in [9.17, 15) is 14.0 Å². The average molecular weight is 434 g/mol. The molecule has 0 spiro atoms. The molecule has 3 heterocycles. The van der Waals surface area contributed by atoms with E-state index in [1.165, 1.54) is 13.2 Å². The van der Waals surface area contributed by atoms with Gasteiger partial charge < -0.3 is 9.64 Å². The highest BCUT2D eigenvalue weighted by Gasteiger charge is 2.27.